The average Bonchev–Trinajstić information content (AvgIpc) is 3.41. The highest BCUT2D eigenvalue weighted by atomic mass is 32.2. The summed E-state index contributed by atoms with van der Waals surface area (Å²) in [5.74, 6) is 1.07. The molecule has 0 aliphatic heterocycles. The first-order valence-electron chi connectivity index (χ1n) is 11.3. The summed E-state index contributed by atoms with van der Waals surface area (Å²) in [6.45, 7) is 4.95. The van der Waals surface area contributed by atoms with Gasteiger partial charge < -0.3 is 19.4 Å². The molecule has 0 bridgehead atoms. The maximum Gasteiger partial charge on any atom is 0.341 e. The lowest BCUT2D eigenvalue weighted by molar-refractivity contribution is -0.113. The van der Waals surface area contributed by atoms with Gasteiger partial charge in [-0.15, -0.1) is 21.5 Å². The normalized spacial score (nSPS) is 12.8. The van der Waals surface area contributed by atoms with Crippen LogP contribution >= 0.6 is 23.1 Å². The van der Waals surface area contributed by atoms with E-state index in [1.165, 1.54) is 35.1 Å². The van der Waals surface area contributed by atoms with Gasteiger partial charge in [0.05, 0.1) is 18.4 Å². The van der Waals surface area contributed by atoms with Crippen LogP contribution in [0.25, 0.3) is 0 Å². The molecule has 4 rings (SSSR count). The number of anilines is 1. The van der Waals surface area contributed by atoms with Crippen LogP contribution in [0, 0.1) is 6.92 Å². The second-order valence-electron chi connectivity index (χ2n) is 7.94. The lowest BCUT2D eigenvalue weighted by atomic mass is 9.95. The van der Waals surface area contributed by atoms with Gasteiger partial charge in [0.1, 0.15) is 17.4 Å². The van der Waals surface area contributed by atoms with Crippen molar-refractivity contribution in [3.05, 3.63) is 51.7 Å². The number of rotatable bonds is 9. The number of thiophene rings is 1. The Labute approximate surface area is 207 Å². The predicted octanol–water partition coefficient (Wildman–Crippen LogP) is 4.64. The van der Waals surface area contributed by atoms with Gasteiger partial charge in [-0.25, -0.2) is 4.79 Å². The smallest absolute Gasteiger partial charge is 0.341 e. The van der Waals surface area contributed by atoms with Gasteiger partial charge in [-0.1, -0.05) is 30.0 Å². The summed E-state index contributed by atoms with van der Waals surface area (Å²) < 4.78 is 12.8. The van der Waals surface area contributed by atoms with Crippen molar-refractivity contribution in [3.8, 4) is 5.75 Å². The van der Waals surface area contributed by atoms with E-state index in [-0.39, 0.29) is 11.7 Å². The number of aryl methyl sites for hydroxylation is 2. The number of ether oxygens (including phenoxy) is 2. The molecular formula is C24H28N4O4S2. The number of nitrogens with one attached hydrogen (secondary N) is 1. The fourth-order valence-electron chi connectivity index (χ4n) is 3.98. The molecule has 34 heavy (non-hydrogen) atoms. The van der Waals surface area contributed by atoms with Crippen LogP contribution in [0.3, 0.4) is 0 Å². The maximum absolute atomic E-state index is 12.8. The minimum absolute atomic E-state index is 0.153. The predicted molar refractivity (Wildman–Crippen MR) is 133 cm³/mol. The number of methoxy groups -OCH3 is 1. The number of hydrogen-bond donors (Lipinski definition) is 1. The van der Waals surface area contributed by atoms with Gasteiger partial charge in [-0.3, -0.25) is 4.79 Å². The molecular weight excluding hydrogens is 472 g/mol. The summed E-state index contributed by atoms with van der Waals surface area (Å²) in [5.41, 5.74) is 2.58. The Balaban J connectivity index is 1.40. The number of para-hydroxylation sites is 1. The molecule has 0 saturated heterocycles. The number of thioether (sulfide) groups is 1. The van der Waals surface area contributed by atoms with Gasteiger partial charge >= 0.3 is 5.97 Å². The number of carbonyl (C=O) groups excluding carboxylic acids is 2. The molecule has 0 radical (unpaired) electrons. The molecule has 3 aromatic rings. The van der Waals surface area contributed by atoms with Crippen molar-refractivity contribution in [3.63, 3.8) is 0 Å². The molecule has 1 aromatic carbocycles. The van der Waals surface area contributed by atoms with Gasteiger partial charge in [-0.2, -0.15) is 0 Å². The number of amides is 1. The zero-order chi connectivity index (χ0) is 24.1. The molecule has 8 nitrogen and oxygen atoms in total. The van der Waals surface area contributed by atoms with E-state index < -0.39 is 5.97 Å². The Kier molecular flexibility index (Phi) is 7.89. The van der Waals surface area contributed by atoms with E-state index in [2.05, 4.69) is 15.5 Å². The van der Waals surface area contributed by atoms with Gasteiger partial charge in [0.2, 0.25) is 5.91 Å². The first kappa shape index (κ1) is 24.3. The average molecular weight is 501 g/mol. The van der Waals surface area contributed by atoms with Crippen molar-refractivity contribution < 1.29 is 19.1 Å². The van der Waals surface area contributed by atoms with Crippen molar-refractivity contribution >= 4 is 40.0 Å². The summed E-state index contributed by atoms with van der Waals surface area (Å²) in [6.07, 6.45) is 3.91. The van der Waals surface area contributed by atoms with E-state index in [0.717, 1.165) is 42.6 Å². The Hall–Kier alpha value is -2.85. The molecule has 1 aliphatic rings. The molecule has 10 heteroatoms. The third-order valence-corrected chi connectivity index (χ3v) is 7.88. The molecule has 1 N–H and O–H groups in total. The number of hydrogen-bond acceptors (Lipinski definition) is 8. The van der Waals surface area contributed by atoms with Crippen molar-refractivity contribution in [1.82, 2.24) is 14.8 Å². The van der Waals surface area contributed by atoms with Crippen LogP contribution in [0.1, 0.15) is 52.0 Å². The minimum Gasteiger partial charge on any atom is -0.485 e. The van der Waals surface area contributed by atoms with E-state index in [4.69, 9.17) is 9.47 Å². The third-order valence-electron chi connectivity index (χ3n) is 5.71. The van der Waals surface area contributed by atoms with E-state index in [9.17, 15) is 9.59 Å². The molecule has 0 fully saturated rings. The van der Waals surface area contributed by atoms with Crippen LogP contribution in [0.15, 0.2) is 29.4 Å². The molecule has 2 heterocycles. The molecule has 0 unspecified atom stereocenters. The quantitative estimate of drug-likeness (QED) is 0.338. The highest BCUT2D eigenvalue weighted by molar-refractivity contribution is 7.99. The van der Waals surface area contributed by atoms with Crippen LogP contribution in [0.2, 0.25) is 0 Å². The molecule has 0 saturated carbocycles. The monoisotopic (exact) mass is 500 g/mol. The third kappa shape index (κ3) is 5.28. The molecule has 1 amide bonds. The van der Waals surface area contributed by atoms with E-state index in [1.807, 2.05) is 42.7 Å². The minimum atomic E-state index is -0.397. The Morgan fingerprint density at radius 1 is 1.21 bits per heavy atom. The SMILES string of the molecule is CCn1c(COc2ccccc2C)nnc1SCC(=O)Nc1sc2c(c1C(=O)OC)CCCC2. The van der Waals surface area contributed by atoms with Crippen molar-refractivity contribution in [2.24, 2.45) is 0 Å². The number of carbonyl (C=O) groups is 2. The Morgan fingerprint density at radius 3 is 2.76 bits per heavy atom. The van der Waals surface area contributed by atoms with Crippen molar-refractivity contribution in [2.75, 3.05) is 18.2 Å². The highest BCUT2D eigenvalue weighted by Gasteiger charge is 2.27. The van der Waals surface area contributed by atoms with E-state index in [1.54, 1.807) is 0 Å². The zero-order valence-corrected chi connectivity index (χ0v) is 21.2. The van der Waals surface area contributed by atoms with Crippen LogP contribution in [0.5, 0.6) is 5.75 Å². The summed E-state index contributed by atoms with van der Waals surface area (Å²) in [7, 11) is 1.37. The van der Waals surface area contributed by atoms with Crippen LogP contribution < -0.4 is 10.1 Å². The maximum atomic E-state index is 12.8. The number of esters is 1. The van der Waals surface area contributed by atoms with Gasteiger partial charge in [0.25, 0.3) is 0 Å². The van der Waals surface area contributed by atoms with E-state index in [0.29, 0.717) is 34.7 Å². The standard InChI is InChI=1S/C24H28N4O4S2/c1-4-28-19(13-32-17-11-7-5-9-15(17)2)26-27-24(28)33-14-20(29)25-22-21(23(30)31-3)16-10-6-8-12-18(16)34-22/h5,7,9,11H,4,6,8,10,12-14H2,1-3H3,(H,25,29). The van der Waals surface area contributed by atoms with Crippen molar-refractivity contribution in [2.45, 2.75) is 57.8 Å². The number of nitrogens with zero attached hydrogens (tertiary/aromatic N) is 3. The Bertz CT molecular complexity index is 1190. The molecule has 2 aromatic heterocycles. The topological polar surface area (TPSA) is 95.3 Å². The number of benzene rings is 1. The lowest BCUT2D eigenvalue weighted by Crippen LogP contribution is -2.17. The van der Waals surface area contributed by atoms with Gasteiger partial charge in [-0.05, 0) is 56.7 Å². The summed E-state index contributed by atoms with van der Waals surface area (Å²) in [4.78, 5) is 26.3. The van der Waals surface area contributed by atoms with Gasteiger partial charge in [0.15, 0.2) is 11.0 Å². The molecule has 0 spiro atoms. The van der Waals surface area contributed by atoms with Crippen molar-refractivity contribution in [1.29, 1.82) is 0 Å². The van der Waals surface area contributed by atoms with Crippen LogP contribution in [-0.4, -0.2) is 39.5 Å². The molecule has 0 atom stereocenters. The highest BCUT2D eigenvalue weighted by Crippen LogP contribution is 2.38. The molecule has 1 aliphatic carbocycles. The Morgan fingerprint density at radius 2 is 2.00 bits per heavy atom. The molecule has 180 valence electrons. The zero-order valence-electron chi connectivity index (χ0n) is 19.6. The second-order valence-corrected chi connectivity index (χ2v) is 9.99. The largest absolute Gasteiger partial charge is 0.485 e. The first-order chi connectivity index (χ1) is 16.5. The van der Waals surface area contributed by atoms with E-state index >= 15 is 0 Å². The second kappa shape index (κ2) is 11.1. The summed E-state index contributed by atoms with van der Waals surface area (Å²) in [6, 6.07) is 7.82. The number of aromatic nitrogens is 3. The summed E-state index contributed by atoms with van der Waals surface area (Å²) >= 11 is 2.79. The fourth-order valence-corrected chi connectivity index (χ4v) is 6.09. The van der Waals surface area contributed by atoms with Crippen LogP contribution in [0.4, 0.5) is 5.00 Å². The lowest BCUT2D eigenvalue weighted by Gasteiger charge is -2.12. The van der Waals surface area contributed by atoms with Crippen LogP contribution in [-0.2, 0) is 35.5 Å². The first-order valence-corrected chi connectivity index (χ1v) is 13.1. The fraction of sp³-hybridized carbons (Fsp3) is 0.417. The summed E-state index contributed by atoms with van der Waals surface area (Å²) in [5, 5.41) is 12.7. The van der Waals surface area contributed by atoms with Gasteiger partial charge in [0, 0.05) is 11.4 Å². The number of fused-ring (bicyclic) bond motifs is 1.